The number of carbonyl (C=O) groups excluding carboxylic acids is 2. The van der Waals surface area contributed by atoms with Gasteiger partial charge in [0.25, 0.3) is 0 Å². The van der Waals surface area contributed by atoms with Gasteiger partial charge in [-0.3, -0.25) is 9.59 Å². The van der Waals surface area contributed by atoms with Crippen molar-refractivity contribution < 1.29 is 19.4 Å². The quantitative estimate of drug-likeness (QED) is 0.231. The van der Waals surface area contributed by atoms with Crippen molar-refractivity contribution in [1.82, 2.24) is 4.90 Å². The molecule has 1 unspecified atom stereocenters. The smallest absolute Gasteiger partial charge is 0.320 e. The standard InChI is InChI=1S/C12H19N3O5/c1-3-20-11(17)12(6-4-7-13-15(18)19)9-14(2)8-5-10(12)16/h7H,3-6,8-9H2,1-2H3. The van der Waals surface area contributed by atoms with Crippen LogP contribution in [0.15, 0.2) is 5.10 Å². The molecule has 0 N–H and O–H groups in total. The number of likely N-dealkylation sites (tertiary alicyclic amines) is 1. The molecule has 8 heteroatoms. The lowest BCUT2D eigenvalue weighted by molar-refractivity contribution is -0.484. The molecule has 1 saturated heterocycles. The van der Waals surface area contributed by atoms with Crippen LogP contribution in [0.2, 0.25) is 0 Å². The number of hydrogen-bond acceptors (Lipinski definition) is 6. The molecule has 0 aliphatic carbocycles. The zero-order valence-corrected chi connectivity index (χ0v) is 11.7. The van der Waals surface area contributed by atoms with Crippen molar-refractivity contribution in [1.29, 1.82) is 0 Å². The average molecular weight is 285 g/mol. The van der Waals surface area contributed by atoms with E-state index in [0.29, 0.717) is 6.54 Å². The van der Waals surface area contributed by atoms with E-state index in [-0.39, 0.29) is 38.2 Å². The zero-order valence-electron chi connectivity index (χ0n) is 11.7. The summed E-state index contributed by atoms with van der Waals surface area (Å²) in [7, 11) is 1.82. The Morgan fingerprint density at radius 2 is 2.35 bits per heavy atom. The van der Waals surface area contributed by atoms with E-state index in [0.717, 1.165) is 6.21 Å². The highest BCUT2D eigenvalue weighted by molar-refractivity contribution is 6.04. The van der Waals surface area contributed by atoms with Crippen LogP contribution in [0, 0.1) is 15.5 Å². The normalized spacial score (nSPS) is 24.0. The van der Waals surface area contributed by atoms with Crippen molar-refractivity contribution >= 4 is 18.0 Å². The Balaban J connectivity index is 2.86. The summed E-state index contributed by atoms with van der Waals surface area (Å²) < 4.78 is 5.02. The minimum absolute atomic E-state index is 0.163. The molecule has 112 valence electrons. The summed E-state index contributed by atoms with van der Waals surface area (Å²) in [5, 5.41) is 12.3. The van der Waals surface area contributed by atoms with Crippen molar-refractivity contribution in [2.24, 2.45) is 10.5 Å². The lowest BCUT2D eigenvalue weighted by Gasteiger charge is -2.37. The van der Waals surface area contributed by atoms with E-state index in [2.05, 4.69) is 5.10 Å². The fourth-order valence-corrected chi connectivity index (χ4v) is 2.36. The first kappa shape index (κ1) is 16.2. The fraction of sp³-hybridized carbons (Fsp3) is 0.750. The maximum Gasteiger partial charge on any atom is 0.320 e. The van der Waals surface area contributed by atoms with E-state index in [1.165, 1.54) is 0 Å². The molecule has 1 aliphatic rings. The summed E-state index contributed by atoms with van der Waals surface area (Å²) in [5.41, 5.74) is -1.23. The van der Waals surface area contributed by atoms with Crippen molar-refractivity contribution in [2.75, 3.05) is 26.7 Å². The molecule has 1 fully saturated rings. The Kier molecular flexibility index (Phi) is 5.75. The SMILES string of the molecule is CCOC(=O)C1(CCC=N[N+](=O)[O-])CN(C)CCC1=O. The summed E-state index contributed by atoms with van der Waals surface area (Å²) >= 11 is 0. The number of rotatable bonds is 6. The molecular weight excluding hydrogens is 266 g/mol. The number of ketones is 1. The van der Waals surface area contributed by atoms with Crippen LogP contribution in [0.4, 0.5) is 0 Å². The van der Waals surface area contributed by atoms with Gasteiger partial charge in [0.2, 0.25) is 0 Å². The summed E-state index contributed by atoms with van der Waals surface area (Å²) in [6, 6.07) is 0. The number of nitro groups is 1. The third-order valence-electron chi connectivity index (χ3n) is 3.34. The van der Waals surface area contributed by atoms with E-state index >= 15 is 0 Å². The Labute approximate surface area is 116 Å². The van der Waals surface area contributed by atoms with Crippen LogP contribution in [0.25, 0.3) is 0 Å². The highest BCUT2D eigenvalue weighted by Gasteiger charge is 2.48. The van der Waals surface area contributed by atoms with Gasteiger partial charge in [0, 0.05) is 19.5 Å². The first-order valence-electron chi connectivity index (χ1n) is 6.48. The van der Waals surface area contributed by atoms with Crippen LogP contribution in [-0.2, 0) is 14.3 Å². The molecule has 0 aromatic carbocycles. The molecular formula is C12H19N3O5. The number of piperidine rings is 1. The van der Waals surface area contributed by atoms with Gasteiger partial charge >= 0.3 is 5.97 Å². The zero-order chi connectivity index (χ0) is 15.2. The highest BCUT2D eigenvalue weighted by Crippen LogP contribution is 2.32. The van der Waals surface area contributed by atoms with Crippen LogP contribution >= 0.6 is 0 Å². The molecule has 8 nitrogen and oxygen atoms in total. The molecule has 0 amide bonds. The molecule has 0 aromatic heterocycles. The average Bonchev–Trinajstić information content (AvgIpc) is 2.38. The van der Waals surface area contributed by atoms with Gasteiger partial charge in [-0.1, -0.05) is 0 Å². The van der Waals surface area contributed by atoms with Gasteiger partial charge in [-0.15, -0.1) is 0 Å². The molecule has 0 bridgehead atoms. The minimum atomic E-state index is -1.23. The van der Waals surface area contributed by atoms with Crippen LogP contribution in [0.3, 0.4) is 0 Å². The molecule has 1 heterocycles. The molecule has 20 heavy (non-hydrogen) atoms. The molecule has 0 spiro atoms. The first-order valence-corrected chi connectivity index (χ1v) is 6.48. The van der Waals surface area contributed by atoms with E-state index < -0.39 is 16.4 Å². The van der Waals surface area contributed by atoms with E-state index in [4.69, 9.17) is 4.74 Å². The van der Waals surface area contributed by atoms with Gasteiger partial charge in [-0.25, -0.2) is 10.1 Å². The van der Waals surface area contributed by atoms with Gasteiger partial charge in [-0.2, -0.15) is 0 Å². The van der Waals surface area contributed by atoms with Gasteiger partial charge in [0.15, 0.2) is 10.8 Å². The van der Waals surface area contributed by atoms with E-state index in [1.807, 2.05) is 11.9 Å². The second kappa shape index (κ2) is 7.09. The van der Waals surface area contributed by atoms with Crippen LogP contribution in [-0.4, -0.2) is 54.6 Å². The molecule has 0 aromatic rings. The number of carbonyl (C=O) groups is 2. The second-order valence-electron chi connectivity index (χ2n) is 4.79. The van der Waals surface area contributed by atoms with Crippen LogP contribution < -0.4 is 0 Å². The van der Waals surface area contributed by atoms with Gasteiger partial charge in [0.1, 0.15) is 5.41 Å². The number of esters is 1. The summed E-state index contributed by atoms with van der Waals surface area (Å²) in [5.74, 6) is -0.713. The van der Waals surface area contributed by atoms with Gasteiger partial charge in [-0.05, 0) is 26.8 Å². The third kappa shape index (κ3) is 3.83. The number of hydrogen-bond donors (Lipinski definition) is 0. The largest absolute Gasteiger partial charge is 0.465 e. The summed E-state index contributed by atoms with van der Waals surface area (Å²) in [6.07, 6.45) is 1.75. The van der Waals surface area contributed by atoms with Crippen LogP contribution in [0.5, 0.6) is 0 Å². The van der Waals surface area contributed by atoms with Gasteiger partial charge < -0.3 is 9.64 Å². The summed E-state index contributed by atoms with van der Waals surface area (Å²) in [6.45, 7) is 2.75. The Bertz CT molecular complexity index is 423. The second-order valence-corrected chi connectivity index (χ2v) is 4.79. The molecule has 0 radical (unpaired) electrons. The number of ether oxygens (including phenoxy) is 1. The maximum atomic E-state index is 12.2. The summed E-state index contributed by atoms with van der Waals surface area (Å²) in [4.78, 5) is 36.4. The minimum Gasteiger partial charge on any atom is -0.465 e. The van der Waals surface area contributed by atoms with Gasteiger partial charge in [0.05, 0.1) is 17.9 Å². The number of Topliss-reactive ketones (excluding diaryl/α,β-unsaturated/α-hetero) is 1. The number of hydrazone groups is 1. The van der Waals surface area contributed by atoms with Crippen molar-refractivity contribution in [3.8, 4) is 0 Å². The fourth-order valence-electron chi connectivity index (χ4n) is 2.36. The molecule has 1 aliphatic heterocycles. The Morgan fingerprint density at radius 1 is 1.65 bits per heavy atom. The lowest BCUT2D eigenvalue weighted by atomic mass is 9.75. The topological polar surface area (TPSA) is 102 Å². The lowest BCUT2D eigenvalue weighted by Crippen LogP contribution is -2.53. The predicted octanol–water partition coefficient (Wildman–Crippen LogP) is 0.483. The van der Waals surface area contributed by atoms with E-state index in [1.54, 1.807) is 6.92 Å². The first-order chi connectivity index (χ1) is 9.42. The van der Waals surface area contributed by atoms with Crippen molar-refractivity contribution in [3.05, 3.63) is 10.1 Å². The number of nitrogens with zero attached hydrogens (tertiary/aromatic N) is 3. The van der Waals surface area contributed by atoms with Crippen LogP contribution in [0.1, 0.15) is 26.2 Å². The Hall–Kier alpha value is -1.83. The molecule has 1 rings (SSSR count). The van der Waals surface area contributed by atoms with Crippen molar-refractivity contribution in [3.63, 3.8) is 0 Å². The Morgan fingerprint density at radius 3 is 2.95 bits per heavy atom. The predicted molar refractivity (Wildman–Crippen MR) is 70.9 cm³/mol. The highest BCUT2D eigenvalue weighted by atomic mass is 16.7. The van der Waals surface area contributed by atoms with E-state index in [9.17, 15) is 19.7 Å². The third-order valence-corrected chi connectivity index (χ3v) is 3.34. The molecule has 1 atom stereocenters. The monoisotopic (exact) mass is 285 g/mol. The maximum absolute atomic E-state index is 12.2. The van der Waals surface area contributed by atoms with Crippen molar-refractivity contribution in [2.45, 2.75) is 26.2 Å². The molecule has 0 saturated carbocycles.